The Kier molecular flexibility index (Phi) is 66.5. The molecule has 0 saturated carbocycles. The second kappa shape index (κ2) is 67.7. The molecule has 0 aliphatic heterocycles. The van der Waals surface area contributed by atoms with Gasteiger partial charge in [0.25, 0.3) is 0 Å². The lowest BCUT2D eigenvalue weighted by molar-refractivity contribution is -0.167. The van der Waals surface area contributed by atoms with Crippen molar-refractivity contribution in [1.82, 2.24) is 0 Å². The highest BCUT2D eigenvalue weighted by molar-refractivity contribution is 5.09. The average molecular weight is 1150 g/mol. The molecule has 0 saturated heterocycles. The van der Waals surface area contributed by atoms with Gasteiger partial charge in [0, 0.05) is 12.8 Å². The van der Waals surface area contributed by atoms with Gasteiger partial charge in [-0.25, -0.2) is 0 Å². The first kappa shape index (κ1) is 79.6. The summed E-state index contributed by atoms with van der Waals surface area (Å²) in [6.45, 7) is 21.6. The molecule has 7 nitrogen and oxygen atoms in total. The molecular formula is C74H146O7. The minimum atomic E-state index is -0.223. The molecule has 0 N–H and O–H groups in total. The van der Waals surface area contributed by atoms with E-state index in [-0.39, 0.29) is 25.8 Å². The fourth-order valence-corrected chi connectivity index (χ4v) is 11.1. The first-order chi connectivity index (χ1) is 40.1. The summed E-state index contributed by atoms with van der Waals surface area (Å²) >= 11 is 0. The van der Waals surface area contributed by atoms with Crippen LogP contribution in [0.2, 0.25) is 0 Å². The van der Waals surface area contributed by atoms with E-state index in [9.17, 15) is 0 Å². The molecule has 7 heteroatoms. The van der Waals surface area contributed by atoms with Gasteiger partial charge < -0.3 is 33.2 Å². The third kappa shape index (κ3) is 53.7. The summed E-state index contributed by atoms with van der Waals surface area (Å²) < 4.78 is 48.1. The quantitative estimate of drug-likeness (QED) is 0.0342. The van der Waals surface area contributed by atoms with Crippen molar-refractivity contribution in [3.05, 3.63) is 23.0 Å². The van der Waals surface area contributed by atoms with E-state index in [1.165, 1.54) is 244 Å². The number of rotatable bonds is 70. The second-order valence-electron chi connectivity index (χ2n) is 24.6. The highest BCUT2D eigenvalue weighted by Crippen LogP contribution is 2.29. The maximum atomic E-state index is 6.99. The first-order valence-corrected chi connectivity index (χ1v) is 36.9. The number of ether oxygens (including phenoxy) is 7. The Morgan fingerprint density at radius 2 is 0.432 bits per heavy atom. The van der Waals surface area contributed by atoms with Gasteiger partial charge in [-0.3, -0.25) is 0 Å². The second-order valence-corrected chi connectivity index (χ2v) is 24.6. The molecule has 0 aliphatic carbocycles. The van der Waals surface area contributed by atoms with Gasteiger partial charge in [0.2, 0.25) is 0 Å². The molecule has 0 rings (SSSR count). The highest BCUT2D eigenvalue weighted by atomic mass is 16.7. The molecule has 0 aromatic rings. The van der Waals surface area contributed by atoms with Crippen LogP contribution in [-0.4, -0.2) is 52.2 Å². The number of hydrogen-bond acceptors (Lipinski definition) is 7. The Bertz CT molecular complexity index is 1170. The molecule has 0 aliphatic rings. The molecule has 0 spiro atoms. The van der Waals surface area contributed by atoms with Gasteiger partial charge in [-0.15, -0.1) is 0 Å². The minimum Gasteiger partial charge on any atom is -0.494 e. The zero-order valence-corrected chi connectivity index (χ0v) is 56.4. The summed E-state index contributed by atoms with van der Waals surface area (Å²) in [5.41, 5.74) is 0. The zero-order chi connectivity index (χ0) is 58.8. The standard InChI is InChI=1S/C74H146O7/c1-9-17-25-31-37-39-41-43-45-53-61-69(76-63-55-47-33-27-19-11-3)73(78-65-57-49-35-29-21-13-5)71(59-51-23-15-7)80-67-75-68-81-72(60-52-24-16-8)74(79-66-58-50-36-30-22-14-6)70(77-64-56-48-34-28-20-12-4)62-54-46-44-42-40-38-32-26-18-10-2/h71-72H,9-68H2,1-8H3. The molecular weight excluding hydrogens is 1000 g/mol. The normalized spacial score (nSPS) is 13.1. The summed E-state index contributed by atoms with van der Waals surface area (Å²) in [6.07, 6.45) is 66.2. The molecule has 0 fully saturated rings. The zero-order valence-electron chi connectivity index (χ0n) is 56.4. The SMILES string of the molecule is CCCCCCCCCCCCC(OCCCCCCCC)=C(OCCCCCCCC)C(CCCCC)OCOCOC(CCCCC)C(OCCCCCCCC)=C(CCCCCCCCCCCC)OCCCCCCCC. The van der Waals surface area contributed by atoms with Crippen LogP contribution in [0.1, 0.15) is 402 Å². The van der Waals surface area contributed by atoms with Crippen molar-refractivity contribution in [3.8, 4) is 0 Å². The minimum absolute atomic E-state index is 0.142. The van der Waals surface area contributed by atoms with Gasteiger partial charge in [0.05, 0.1) is 26.4 Å². The van der Waals surface area contributed by atoms with Crippen molar-refractivity contribution in [2.45, 2.75) is 414 Å². The third-order valence-corrected chi connectivity index (χ3v) is 16.6. The van der Waals surface area contributed by atoms with E-state index in [0.717, 1.165) is 139 Å². The molecule has 2 unspecified atom stereocenters. The molecule has 0 heterocycles. The lowest BCUT2D eigenvalue weighted by Crippen LogP contribution is -2.25. The summed E-state index contributed by atoms with van der Waals surface area (Å²) in [5, 5.41) is 0. The Balaban J connectivity index is 6.77. The van der Waals surface area contributed by atoms with E-state index in [2.05, 4.69) is 55.4 Å². The lowest BCUT2D eigenvalue weighted by atomic mass is 10.0. The maximum absolute atomic E-state index is 6.99. The van der Waals surface area contributed by atoms with Crippen molar-refractivity contribution < 1.29 is 33.2 Å². The molecule has 2 atom stereocenters. The summed E-state index contributed by atoms with van der Waals surface area (Å²) in [7, 11) is 0. The van der Waals surface area contributed by atoms with Crippen LogP contribution in [0, 0.1) is 0 Å². The fourth-order valence-electron chi connectivity index (χ4n) is 11.1. The summed E-state index contributed by atoms with van der Waals surface area (Å²) in [5.74, 6) is 3.96. The predicted octanol–water partition coefficient (Wildman–Crippen LogP) is 25.4. The smallest absolute Gasteiger partial charge is 0.162 e. The van der Waals surface area contributed by atoms with Crippen molar-refractivity contribution in [2.24, 2.45) is 0 Å². The van der Waals surface area contributed by atoms with Crippen molar-refractivity contribution in [3.63, 3.8) is 0 Å². The Morgan fingerprint density at radius 3 is 0.691 bits per heavy atom. The molecule has 0 aromatic heterocycles. The van der Waals surface area contributed by atoms with E-state index >= 15 is 0 Å². The van der Waals surface area contributed by atoms with Gasteiger partial charge in [-0.1, -0.05) is 338 Å². The number of unbranched alkanes of at least 4 members (excludes halogenated alkanes) is 42. The average Bonchev–Trinajstić information content (AvgIpc) is 3.47. The fraction of sp³-hybridized carbons (Fsp3) is 0.946. The summed E-state index contributed by atoms with van der Waals surface area (Å²) in [6, 6.07) is 0. The van der Waals surface area contributed by atoms with E-state index in [0.29, 0.717) is 13.2 Å². The molecule has 0 aromatic carbocycles. The topological polar surface area (TPSA) is 64.6 Å². The van der Waals surface area contributed by atoms with Crippen LogP contribution < -0.4 is 0 Å². The van der Waals surface area contributed by atoms with Gasteiger partial charge in [-0.2, -0.15) is 0 Å². The number of hydrogen-bond donors (Lipinski definition) is 0. The van der Waals surface area contributed by atoms with Crippen molar-refractivity contribution in [1.29, 1.82) is 0 Å². The summed E-state index contributed by atoms with van der Waals surface area (Å²) in [4.78, 5) is 0. The molecule has 0 radical (unpaired) electrons. The molecule has 81 heavy (non-hydrogen) atoms. The van der Waals surface area contributed by atoms with Crippen molar-refractivity contribution in [2.75, 3.05) is 40.0 Å². The predicted molar refractivity (Wildman–Crippen MR) is 353 cm³/mol. The van der Waals surface area contributed by atoms with Crippen LogP contribution >= 0.6 is 0 Å². The first-order valence-electron chi connectivity index (χ1n) is 36.9. The van der Waals surface area contributed by atoms with E-state index < -0.39 is 0 Å². The Labute approximate surface area is 508 Å². The molecule has 0 amide bonds. The largest absolute Gasteiger partial charge is 0.494 e. The Hall–Kier alpha value is -1.44. The maximum Gasteiger partial charge on any atom is 0.162 e. The lowest BCUT2D eigenvalue weighted by Gasteiger charge is -2.26. The van der Waals surface area contributed by atoms with Crippen LogP contribution in [-0.2, 0) is 33.2 Å². The van der Waals surface area contributed by atoms with Crippen LogP contribution in [0.4, 0.5) is 0 Å². The van der Waals surface area contributed by atoms with Crippen LogP contribution in [0.15, 0.2) is 23.0 Å². The van der Waals surface area contributed by atoms with Crippen LogP contribution in [0.5, 0.6) is 0 Å². The third-order valence-electron chi connectivity index (χ3n) is 16.6. The van der Waals surface area contributed by atoms with Crippen molar-refractivity contribution >= 4 is 0 Å². The van der Waals surface area contributed by atoms with Crippen LogP contribution in [0.25, 0.3) is 0 Å². The molecule has 484 valence electrons. The van der Waals surface area contributed by atoms with Gasteiger partial charge in [-0.05, 0) is 51.4 Å². The van der Waals surface area contributed by atoms with E-state index in [1.807, 2.05) is 0 Å². The van der Waals surface area contributed by atoms with Crippen LogP contribution in [0.3, 0.4) is 0 Å². The Morgan fingerprint density at radius 1 is 0.222 bits per heavy atom. The number of allylic oxidation sites excluding steroid dienone is 2. The van der Waals surface area contributed by atoms with Gasteiger partial charge >= 0.3 is 0 Å². The monoisotopic (exact) mass is 1150 g/mol. The van der Waals surface area contributed by atoms with Gasteiger partial charge in [0.15, 0.2) is 25.1 Å². The highest BCUT2D eigenvalue weighted by Gasteiger charge is 2.25. The van der Waals surface area contributed by atoms with Gasteiger partial charge in [0.1, 0.15) is 23.7 Å². The molecule has 0 bridgehead atoms. The van der Waals surface area contributed by atoms with E-state index in [4.69, 9.17) is 33.2 Å². The van der Waals surface area contributed by atoms with E-state index in [1.54, 1.807) is 0 Å².